The number of ether oxygens (including phenoxy) is 1. The molecule has 0 spiro atoms. The minimum absolute atomic E-state index is 0.191. The van der Waals surface area contributed by atoms with Gasteiger partial charge < -0.3 is 4.74 Å². The first-order valence-corrected chi connectivity index (χ1v) is 6.85. The largest absolute Gasteiger partial charge is 0.376 e. The van der Waals surface area contributed by atoms with Gasteiger partial charge in [0, 0.05) is 18.3 Å². The molecule has 19 heavy (non-hydrogen) atoms. The van der Waals surface area contributed by atoms with Gasteiger partial charge in [-0.3, -0.25) is 4.68 Å². The normalized spacial score (nSPS) is 12.7. The Morgan fingerprint density at radius 1 is 1.21 bits per heavy atom. The molecule has 0 radical (unpaired) electrons. The SMILES string of the molecule is C=C(COCC(C)(C)C)c1cnn(CC(C)(C)C)c1. The minimum atomic E-state index is 0.191. The molecule has 3 heteroatoms. The maximum absolute atomic E-state index is 5.69. The van der Waals surface area contributed by atoms with Gasteiger partial charge in [0.2, 0.25) is 0 Å². The number of hydrogen-bond acceptors (Lipinski definition) is 2. The summed E-state index contributed by atoms with van der Waals surface area (Å²) in [5.41, 5.74) is 2.48. The van der Waals surface area contributed by atoms with Gasteiger partial charge in [-0.25, -0.2) is 0 Å². The Labute approximate surface area is 117 Å². The van der Waals surface area contributed by atoms with Crippen LogP contribution in [0.15, 0.2) is 19.0 Å². The van der Waals surface area contributed by atoms with E-state index >= 15 is 0 Å². The highest BCUT2D eigenvalue weighted by atomic mass is 16.5. The molecule has 0 atom stereocenters. The van der Waals surface area contributed by atoms with Crippen LogP contribution in [0, 0.1) is 10.8 Å². The van der Waals surface area contributed by atoms with Crippen molar-refractivity contribution in [1.29, 1.82) is 0 Å². The Kier molecular flexibility index (Phi) is 4.97. The van der Waals surface area contributed by atoms with Crippen LogP contribution in [-0.4, -0.2) is 23.0 Å². The predicted molar refractivity (Wildman–Crippen MR) is 81.0 cm³/mol. The van der Waals surface area contributed by atoms with Crippen LogP contribution in [0.2, 0.25) is 0 Å². The molecule has 0 unspecified atom stereocenters. The van der Waals surface area contributed by atoms with Crippen LogP contribution in [0.3, 0.4) is 0 Å². The molecule has 1 aromatic rings. The van der Waals surface area contributed by atoms with Gasteiger partial charge in [0.1, 0.15) is 0 Å². The van der Waals surface area contributed by atoms with Crippen molar-refractivity contribution in [1.82, 2.24) is 9.78 Å². The highest BCUT2D eigenvalue weighted by molar-refractivity contribution is 5.62. The second-order valence-corrected chi connectivity index (χ2v) is 7.64. The van der Waals surface area contributed by atoms with E-state index in [1.54, 1.807) is 0 Å². The van der Waals surface area contributed by atoms with Gasteiger partial charge in [-0.1, -0.05) is 48.1 Å². The fourth-order valence-electron chi connectivity index (χ4n) is 1.68. The van der Waals surface area contributed by atoms with Crippen LogP contribution in [-0.2, 0) is 11.3 Å². The second kappa shape index (κ2) is 5.91. The molecule has 1 aromatic heterocycles. The summed E-state index contributed by atoms with van der Waals surface area (Å²) in [7, 11) is 0. The van der Waals surface area contributed by atoms with Gasteiger partial charge in [0.25, 0.3) is 0 Å². The number of rotatable bonds is 5. The molecule has 1 rings (SSSR count). The lowest BCUT2D eigenvalue weighted by molar-refractivity contribution is 0.0945. The quantitative estimate of drug-likeness (QED) is 0.803. The van der Waals surface area contributed by atoms with Crippen LogP contribution in [0.1, 0.15) is 47.1 Å². The van der Waals surface area contributed by atoms with Gasteiger partial charge in [0.15, 0.2) is 0 Å². The molecule has 108 valence electrons. The van der Waals surface area contributed by atoms with E-state index in [-0.39, 0.29) is 10.8 Å². The molecule has 0 aliphatic rings. The molecule has 0 N–H and O–H groups in total. The summed E-state index contributed by atoms with van der Waals surface area (Å²) < 4.78 is 7.66. The summed E-state index contributed by atoms with van der Waals surface area (Å²) in [5.74, 6) is 0. The van der Waals surface area contributed by atoms with Crippen molar-refractivity contribution in [2.45, 2.75) is 48.1 Å². The topological polar surface area (TPSA) is 27.1 Å². The summed E-state index contributed by atoms with van der Waals surface area (Å²) in [6.07, 6.45) is 3.92. The van der Waals surface area contributed by atoms with Crippen molar-refractivity contribution in [3.05, 3.63) is 24.5 Å². The van der Waals surface area contributed by atoms with Crippen molar-refractivity contribution in [2.24, 2.45) is 10.8 Å². The third-order valence-electron chi connectivity index (χ3n) is 2.49. The molecule has 0 aliphatic heterocycles. The fourth-order valence-corrected chi connectivity index (χ4v) is 1.68. The standard InChI is InChI=1S/C16H28N2O/c1-13(10-19-12-16(5,6)7)14-8-17-18(9-14)11-15(2,3)4/h8-9H,1,10-12H2,2-7H3. The number of aromatic nitrogens is 2. The highest BCUT2D eigenvalue weighted by Crippen LogP contribution is 2.19. The Morgan fingerprint density at radius 2 is 1.84 bits per heavy atom. The molecular weight excluding hydrogens is 236 g/mol. The third-order valence-corrected chi connectivity index (χ3v) is 2.49. The van der Waals surface area contributed by atoms with E-state index in [1.807, 2.05) is 17.1 Å². The van der Waals surface area contributed by atoms with E-state index in [0.29, 0.717) is 6.61 Å². The Morgan fingerprint density at radius 3 is 2.37 bits per heavy atom. The van der Waals surface area contributed by atoms with E-state index in [9.17, 15) is 0 Å². The summed E-state index contributed by atoms with van der Waals surface area (Å²) in [6, 6.07) is 0. The Balaban J connectivity index is 2.50. The van der Waals surface area contributed by atoms with Crippen LogP contribution in [0.25, 0.3) is 5.57 Å². The van der Waals surface area contributed by atoms with Crippen molar-refractivity contribution < 1.29 is 4.74 Å². The van der Waals surface area contributed by atoms with E-state index in [2.05, 4.69) is 53.2 Å². The maximum atomic E-state index is 5.69. The minimum Gasteiger partial charge on any atom is -0.376 e. The average Bonchev–Trinajstić information content (AvgIpc) is 2.61. The lowest BCUT2D eigenvalue weighted by atomic mass is 9.97. The van der Waals surface area contributed by atoms with Gasteiger partial charge in [-0.15, -0.1) is 0 Å². The zero-order chi connectivity index (χ0) is 14.7. The van der Waals surface area contributed by atoms with Gasteiger partial charge in [-0.2, -0.15) is 5.10 Å². The number of nitrogens with zero attached hydrogens (tertiary/aromatic N) is 2. The first kappa shape index (κ1) is 16.0. The van der Waals surface area contributed by atoms with Crippen molar-refractivity contribution in [3.63, 3.8) is 0 Å². The molecule has 0 aliphatic carbocycles. The molecule has 0 bridgehead atoms. The third kappa shape index (κ3) is 6.58. The molecule has 0 aromatic carbocycles. The molecule has 0 fully saturated rings. The fraction of sp³-hybridized carbons (Fsp3) is 0.688. The van der Waals surface area contributed by atoms with Crippen molar-refractivity contribution in [2.75, 3.05) is 13.2 Å². The van der Waals surface area contributed by atoms with Crippen LogP contribution in [0.5, 0.6) is 0 Å². The molecule has 0 amide bonds. The zero-order valence-corrected chi connectivity index (χ0v) is 13.3. The lowest BCUT2D eigenvalue weighted by Gasteiger charge is -2.18. The summed E-state index contributed by atoms with van der Waals surface area (Å²) >= 11 is 0. The lowest BCUT2D eigenvalue weighted by Crippen LogP contribution is -2.16. The molecular formula is C16H28N2O. The molecule has 0 saturated carbocycles. The monoisotopic (exact) mass is 264 g/mol. The average molecular weight is 264 g/mol. The van der Waals surface area contributed by atoms with Crippen molar-refractivity contribution in [3.8, 4) is 0 Å². The second-order valence-electron chi connectivity index (χ2n) is 7.64. The van der Waals surface area contributed by atoms with Crippen LogP contribution < -0.4 is 0 Å². The van der Waals surface area contributed by atoms with Crippen molar-refractivity contribution >= 4 is 5.57 Å². The van der Waals surface area contributed by atoms with Gasteiger partial charge in [-0.05, 0) is 16.4 Å². The first-order chi connectivity index (χ1) is 8.57. The smallest absolute Gasteiger partial charge is 0.0718 e. The Hall–Kier alpha value is -1.09. The van der Waals surface area contributed by atoms with E-state index in [0.717, 1.165) is 24.3 Å². The summed E-state index contributed by atoms with van der Waals surface area (Å²) in [6.45, 7) is 19.4. The van der Waals surface area contributed by atoms with Gasteiger partial charge >= 0.3 is 0 Å². The zero-order valence-electron chi connectivity index (χ0n) is 13.3. The predicted octanol–water partition coefficient (Wildman–Crippen LogP) is 4.01. The van der Waals surface area contributed by atoms with Gasteiger partial charge in [0.05, 0.1) is 19.4 Å². The molecule has 1 heterocycles. The summed E-state index contributed by atoms with van der Waals surface area (Å²) in [4.78, 5) is 0. The van der Waals surface area contributed by atoms with Crippen LogP contribution in [0.4, 0.5) is 0 Å². The molecule has 0 saturated heterocycles. The Bertz CT molecular complexity index is 419. The van der Waals surface area contributed by atoms with E-state index in [1.165, 1.54) is 0 Å². The molecule has 3 nitrogen and oxygen atoms in total. The number of hydrogen-bond donors (Lipinski definition) is 0. The summed E-state index contributed by atoms with van der Waals surface area (Å²) in [5, 5.41) is 4.38. The van der Waals surface area contributed by atoms with E-state index < -0.39 is 0 Å². The van der Waals surface area contributed by atoms with E-state index in [4.69, 9.17) is 4.74 Å². The first-order valence-electron chi connectivity index (χ1n) is 6.85. The van der Waals surface area contributed by atoms with Crippen LogP contribution >= 0.6 is 0 Å². The maximum Gasteiger partial charge on any atom is 0.0718 e. The highest BCUT2D eigenvalue weighted by Gasteiger charge is 2.13.